The van der Waals surface area contributed by atoms with Gasteiger partial charge in [-0.2, -0.15) is 0 Å². The lowest BCUT2D eigenvalue weighted by molar-refractivity contribution is -0.139. The van der Waals surface area contributed by atoms with Crippen molar-refractivity contribution in [1.29, 1.82) is 0 Å². The molecule has 10 heavy (non-hydrogen) atoms. The molecule has 1 atom stereocenters. The Morgan fingerprint density at radius 3 is 3.00 bits per heavy atom. The predicted molar refractivity (Wildman–Crippen MR) is 38.5 cm³/mol. The first-order valence-electron chi connectivity index (χ1n) is 3.24. The van der Waals surface area contributed by atoms with Crippen molar-refractivity contribution in [1.82, 2.24) is 0 Å². The molecule has 0 aliphatic carbocycles. The topological polar surface area (TPSA) is 26.3 Å². The van der Waals surface area contributed by atoms with Gasteiger partial charge in [0.25, 0.3) is 0 Å². The van der Waals surface area contributed by atoms with E-state index in [1.807, 2.05) is 6.08 Å². The van der Waals surface area contributed by atoms with E-state index in [-0.39, 0.29) is 12.1 Å². The third-order valence-electron chi connectivity index (χ3n) is 1.42. The van der Waals surface area contributed by atoms with Crippen LogP contribution >= 0.6 is 0 Å². The quantitative estimate of drug-likeness (QED) is 0.426. The highest BCUT2D eigenvalue weighted by Gasteiger charge is 2.20. The van der Waals surface area contributed by atoms with Crippen LogP contribution in [0.1, 0.15) is 13.3 Å². The van der Waals surface area contributed by atoms with E-state index in [0.717, 1.165) is 0 Å². The average molecular weight is 138 g/mol. The van der Waals surface area contributed by atoms with Gasteiger partial charge < -0.3 is 4.74 Å². The van der Waals surface area contributed by atoms with Crippen LogP contribution in [-0.4, -0.2) is 12.1 Å². The predicted octanol–water partition coefficient (Wildman–Crippen LogP) is 1.43. The van der Waals surface area contributed by atoms with Crippen molar-refractivity contribution >= 4 is 5.97 Å². The zero-order valence-electron chi connectivity index (χ0n) is 5.96. The number of carbonyl (C=O) groups is 1. The van der Waals surface area contributed by atoms with Crippen molar-refractivity contribution in [2.75, 3.05) is 0 Å². The number of rotatable bonds is 2. The fourth-order valence-electron chi connectivity index (χ4n) is 0.892. The smallest absolute Gasteiger partial charge is 0.334 e. The zero-order chi connectivity index (χ0) is 7.56. The summed E-state index contributed by atoms with van der Waals surface area (Å²) >= 11 is 0. The molecular weight excluding hydrogens is 128 g/mol. The molecule has 1 aliphatic rings. The third kappa shape index (κ3) is 1.26. The van der Waals surface area contributed by atoms with Gasteiger partial charge in [-0.05, 0) is 13.0 Å². The lowest BCUT2D eigenvalue weighted by Gasteiger charge is -2.02. The molecule has 0 aromatic carbocycles. The van der Waals surface area contributed by atoms with Crippen molar-refractivity contribution in [3.63, 3.8) is 0 Å². The summed E-state index contributed by atoms with van der Waals surface area (Å²) < 4.78 is 4.91. The van der Waals surface area contributed by atoms with Crippen LogP contribution < -0.4 is 0 Å². The molecule has 0 radical (unpaired) electrons. The molecule has 1 aliphatic heterocycles. The van der Waals surface area contributed by atoms with Gasteiger partial charge in [0.2, 0.25) is 0 Å². The summed E-state index contributed by atoms with van der Waals surface area (Å²) in [6.07, 6.45) is 4.21. The van der Waals surface area contributed by atoms with Gasteiger partial charge >= 0.3 is 5.97 Å². The lowest BCUT2D eigenvalue weighted by Crippen LogP contribution is -2.06. The molecule has 1 heterocycles. The van der Waals surface area contributed by atoms with Gasteiger partial charge in [-0.3, -0.25) is 0 Å². The minimum Gasteiger partial charge on any atom is -0.454 e. The van der Waals surface area contributed by atoms with E-state index in [9.17, 15) is 4.79 Å². The minimum atomic E-state index is -0.202. The first kappa shape index (κ1) is 7.06. The van der Waals surface area contributed by atoms with E-state index >= 15 is 0 Å². The summed E-state index contributed by atoms with van der Waals surface area (Å²) in [6, 6.07) is 0. The molecule has 1 rings (SSSR count). The summed E-state index contributed by atoms with van der Waals surface area (Å²) in [6.45, 7) is 5.31. The molecule has 0 aromatic heterocycles. The Bertz CT molecular complexity index is 191. The van der Waals surface area contributed by atoms with Crippen LogP contribution in [0.3, 0.4) is 0 Å². The van der Waals surface area contributed by atoms with Crippen LogP contribution in [0.4, 0.5) is 0 Å². The maximum Gasteiger partial charge on any atom is 0.334 e. The molecule has 0 unspecified atom stereocenters. The molecule has 0 N–H and O–H groups in total. The molecular formula is C8H10O2. The van der Waals surface area contributed by atoms with Crippen LogP contribution in [0.25, 0.3) is 0 Å². The molecule has 2 nitrogen and oxygen atoms in total. The molecule has 0 aromatic rings. The Morgan fingerprint density at radius 1 is 1.90 bits per heavy atom. The molecule has 0 spiro atoms. The van der Waals surface area contributed by atoms with Crippen molar-refractivity contribution in [3.05, 3.63) is 24.3 Å². The Balaban J connectivity index is 2.56. The fourth-order valence-corrected chi connectivity index (χ4v) is 0.892. The Hall–Kier alpha value is -1.05. The summed E-state index contributed by atoms with van der Waals surface area (Å²) in [5.74, 6) is -0.202. The Morgan fingerprint density at radius 2 is 2.60 bits per heavy atom. The van der Waals surface area contributed by atoms with E-state index in [1.165, 1.54) is 0 Å². The highest BCUT2D eigenvalue weighted by molar-refractivity contribution is 5.90. The second-order valence-corrected chi connectivity index (χ2v) is 2.32. The second-order valence-electron chi connectivity index (χ2n) is 2.32. The number of hydrogen-bond donors (Lipinski definition) is 0. The SMILES string of the molecule is C=CC[C@H]1C=C(C)C(=O)O1. The van der Waals surface area contributed by atoms with Gasteiger partial charge in [-0.25, -0.2) is 4.79 Å². The van der Waals surface area contributed by atoms with E-state index in [2.05, 4.69) is 6.58 Å². The van der Waals surface area contributed by atoms with E-state index in [4.69, 9.17) is 4.74 Å². The van der Waals surface area contributed by atoms with Gasteiger partial charge in [0.15, 0.2) is 0 Å². The van der Waals surface area contributed by atoms with E-state index < -0.39 is 0 Å². The third-order valence-corrected chi connectivity index (χ3v) is 1.42. The average Bonchev–Trinajstić information content (AvgIpc) is 2.14. The summed E-state index contributed by atoms with van der Waals surface area (Å²) in [4.78, 5) is 10.7. The van der Waals surface area contributed by atoms with E-state index in [0.29, 0.717) is 12.0 Å². The molecule has 0 bridgehead atoms. The van der Waals surface area contributed by atoms with Crippen LogP contribution in [0.2, 0.25) is 0 Å². The van der Waals surface area contributed by atoms with E-state index in [1.54, 1.807) is 13.0 Å². The maximum absolute atomic E-state index is 10.7. The van der Waals surface area contributed by atoms with Gasteiger partial charge in [0.1, 0.15) is 6.10 Å². The first-order chi connectivity index (χ1) is 4.74. The molecule has 0 fully saturated rings. The first-order valence-corrected chi connectivity index (χ1v) is 3.24. The summed E-state index contributed by atoms with van der Waals surface area (Å²) in [7, 11) is 0. The fraction of sp³-hybridized carbons (Fsp3) is 0.375. The van der Waals surface area contributed by atoms with Gasteiger partial charge in [0.05, 0.1) is 0 Å². The maximum atomic E-state index is 10.7. The zero-order valence-corrected chi connectivity index (χ0v) is 5.96. The normalized spacial score (nSPS) is 23.9. The minimum absolute atomic E-state index is 0.0648. The molecule has 0 amide bonds. The van der Waals surface area contributed by atoms with Crippen molar-refractivity contribution in [3.8, 4) is 0 Å². The molecule has 0 saturated heterocycles. The highest BCUT2D eigenvalue weighted by atomic mass is 16.5. The van der Waals surface area contributed by atoms with Crippen molar-refractivity contribution in [2.24, 2.45) is 0 Å². The van der Waals surface area contributed by atoms with Gasteiger partial charge in [0, 0.05) is 12.0 Å². The number of esters is 1. The standard InChI is InChI=1S/C8H10O2/c1-3-4-7-5-6(2)8(9)10-7/h3,5,7H,1,4H2,2H3/t7-/m0/s1. The number of cyclic esters (lactones) is 1. The van der Waals surface area contributed by atoms with Gasteiger partial charge in [-0.15, -0.1) is 6.58 Å². The summed E-state index contributed by atoms with van der Waals surface area (Å²) in [5.41, 5.74) is 0.701. The Labute approximate surface area is 60.2 Å². The monoisotopic (exact) mass is 138 g/mol. The second kappa shape index (κ2) is 2.69. The number of carbonyl (C=O) groups excluding carboxylic acids is 1. The summed E-state index contributed by atoms with van der Waals surface area (Å²) in [5, 5.41) is 0. The lowest BCUT2D eigenvalue weighted by atomic mass is 10.2. The number of ether oxygens (including phenoxy) is 1. The highest BCUT2D eigenvalue weighted by Crippen LogP contribution is 2.15. The van der Waals surface area contributed by atoms with Crippen molar-refractivity contribution in [2.45, 2.75) is 19.4 Å². The molecule has 2 heteroatoms. The van der Waals surface area contributed by atoms with Crippen molar-refractivity contribution < 1.29 is 9.53 Å². The molecule has 0 saturated carbocycles. The van der Waals surface area contributed by atoms with Crippen LogP contribution in [-0.2, 0) is 9.53 Å². The van der Waals surface area contributed by atoms with Gasteiger partial charge in [-0.1, -0.05) is 6.08 Å². The number of hydrogen-bond acceptors (Lipinski definition) is 2. The van der Waals surface area contributed by atoms with Crippen LogP contribution in [0, 0.1) is 0 Å². The Kier molecular flexibility index (Phi) is 1.90. The van der Waals surface area contributed by atoms with Crippen LogP contribution in [0.5, 0.6) is 0 Å². The molecule has 54 valence electrons. The largest absolute Gasteiger partial charge is 0.454 e. The van der Waals surface area contributed by atoms with Crippen LogP contribution in [0.15, 0.2) is 24.3 Å².